The van der Waals surface area contributed by atoms with Crippen molar-refractivity contribution in [1.82, 2.24) is 4.98 Å². The Labute approximate surface area is 87.6 Å². The normalized spacial score (nSPS) is 10.1. The van der Waals surface area contributed by atoms with E-state index in [9.17, 15) is 0 Å². The lowest BCUT2D eigenvalue weighted by Gasteiger charge is -2.03. The van der Waals surface area contributed by atoms with Crippen LogP contribution in [0.1, 0.15) is 11.3 Å². The molecule has 0 aliphatic rings. The molecule has 3 heteroatoms. The molecular formula is C11H12N2S. The van der Waals surface area contributed by atoms with E-state index in [1.807, 2.05) is 13.1 Å². The molecule has 14 heavy (non-hydrogen) atoms. The summed E-state index contributed by atoms with van der Waals surface area (Å²) in [4.78, 5) is 4.32. The number of nitrogens with one attached hydrogen (secondary N) is 1. The molecule has 0 saturated heterocycles. The van der Waals surface area contributed by atoms with Gasteiger partial charge < -0.3 is 5.32 Å². The van der Waals surface area contributed by atoms with Crippen LogP contribution in [-0.4, -0.2) is 4.98 Å². The van der Waals surface area contributed by atoms with Crippen LogP contribution in [0.4, 0.5) is 5.69 Å². The molecule has 0 fully saturated rings. The van der Waals surface area contributed by atoms with Crippen molar-refractivity contribution >= 4 is 17.0 Å². The lowest BCUT2D eigenvalue weighted by atomic mass is 10.3. The van der Waals surface area contributed by atoms with Gasteiger partial charge in [0, 0.05) is 17.3 Å². The first-order valence-corrected chi connectivity index (χ1v) is 5.46. The van der Waals surface area contributed by atoms with E-state index < -0.39 is 0 Å². The van der Waals surface area contributed by atoms with Gasteiger partial charge in [0.15, 0.2) is 0 Å². The summed E-state index contributed by atoms with van der Waals surface area (Å²) >= 11 is 1.69. The summed E-state index contributed by atoms with van der Waals surface area (Å²) in [6.45, 7) is 2.83. The molecule has 0 bridgehead atoms. The van der Waals surface area contributed by atoms with Gasteiger partial charge in [-0.25, -0.2) is 0 Å². The number of nitrogens with zero attached hydrogens (tertiary/aromatic N) is 1. The van der Waals surface area contributed by atoms with Crippen LogP contribution < -0.4 is 5.32 Å². The summed E-state index contributed by atoms with van der Waals surface area (Å²) in [5, 5.41) is 7.46. The number of anilines is 1. The average molecular weight is 204 g/mol. The molecule has 0 radical (unpaired) electrons. The van der Waals surface area contributed by atoms with Crippen molar-refractivity contribution in [2.24, 2.45) is 0 Å². The van der Waals surface area contributed by atoms with E-state index in [2.05, 4.69) is 39.3 Å². The van der Waals surface area contributed by atoms with Crippen LogP contribution in [-0.2, 0) is 6.54 Å². The molecule has 2 aromatic heterocycles. The van der Waals surface area contributed by atoms with Crippen molar-refractivity contribution in [3.63, 3.8) is 0 Å². The Morgan fingerprint density at radius 1 is 1.36 bits per heavy atom. The standard InChI is InChI=1S/C11H12N2S/c1-9-2-3-10(12-6-9)7-13-11-4-5-14-8-11/h2-6,8,13H,7H2,1H3. The Kier molecular flexibility index (Phi) is 2.79. The summed E-state index contributed by atoms with van der Waals surface area (Å²) in [6.07, 6.45) is 1.89. The van der Waals surface area contributed by atoms with Crippen LogP contribution in [0.3, 0.4) is 0 Å². The minimum absolute atomic E-state index is 0.789. The Hall–Kier alpha value is -1.35. The maximum atomic E-state index is 4.32. The fraction of sp³-hybridized carbons (Fsp3) is 0.182. The van der Waals surface area contributed by atoms with Gasteiger partial charge >= 0.3 is 0 Å². The fourth-order valence-corrected chi connectivity index (χ4v) is 1.77. The molecule has 2 rings (SSSR count). The van der Waals surface area contributed by atoms with E-state index in [1.54, 1.807) is 11.3 Å². The molecule has 0 spiro atoms. The molecule has 0 aliphatic heterocycles. The Bertz CT molecular complexity index is 378. The molecule has 1 N–H and O–H groups in total. The van der Waals surface area contributed by atoms with Crippen LogP contribution in [0.25, 0.3) is 0 Å². The molecule has 2 nitrogen and oxygen atoms in total. The first-order chi connectivity index (χ1) is 6.84. The quantitative estimate of drug-likeness (QED) is 0.831. The molecule has 0 saturated carbocycles. The van der Waals surface area contributed by atoms with Crippen molar-refractivity contribution in [2.45, 2.75) is 13.5 Å². The number of aryl methyl sites for hydroxylation is 1. The second-order valence-electron chi connectivity index (χ2n) is 3.19. The zero-order valence-electron chi connectivity index (χ0n) is 8.03. The van der Waals surface area contributed by atoms with E-state index >= 15 is 0 Å². The highest BCUT2D eigenvalue weighted by atomic mass is 32.1. The van der Waals surface area contributed by atoms with Crippen LogP contribution in [0.15, 0.2) is 35.2 Å². The van der Waals surface area contributed by atoms with Gasteiger partial charge in [0.1, 0.15) is 0 Å². The number of hydrogen-bond donors (Lipinski definition) is 1. The Balaban J connectivity index is 1.95. The van der Waals surface area contributed by atoms with Gasteiger partial charge in [-0.15, -0.1) is 0 Å². The minimum Gasteiger partial charge on any atom is -0.379 e. The molecule has 2 heterocycles. The lowest BCUT2D eigenvalue weighted by molar-refractivity contribution is 1.04. The average Bonchev–Trinajstić information content (AvgIpc) is 2.70. The molecule has 0 unspecified atom stereocenters. The van der Waals surface area contributed by atoms with Crippen molar-refractivity contribution in [3.05, 3.63) is 46.4 Å². The predicted octanol–water partition coefficient (Wildman–Crippen LogP) is 3.06. The molecule has 0 atom stereocenters. The highest BCUT2D eigenvalue weighted by Gasteiger charge is 1.94. The summed E-state index contributed by atoms with van der Waals surface area (Å²) in [6, 6.07) is 6.20. The van der Waals surface area contributed by atoms with Gasteiger partial charge in [0.25, 0.3) is 0 Å². The van der Waals surface area contributed by atoms with E-state index in [0.717, 1.165) is 17.9 Å². The molecule has 72 valence electrons. The summed E-state index contributed by atoms with van der Waals surface area (Å²) in [7, 11) is 0. The zero-order chi connectivity index (χ0) is 9.80. The van der Waals surface area contributed by atoms with Crippen molar-refractivity contribution in [3.8, 4) is 0 Å². The fourth-order valence-electron chi connectivity index (χ4n) is 1.16. The monoisotopic (exact) mass is 204 g/mol. The Morgan fingerprint density at radius 2 is 2.29 bits per heavy atom. The zero-order valence-corrected chi connectivity index (χ0v) is 8.84. The summed E-state index contributed by atoms with van der Waals surface area (Å²) in [5.74, 6) is 0. The molecule has 2 aromatic rings. The Morgan fingerprint density at radius 3 is 2.93 bits per heavy atom. The van der Waals surface area contributed by atoms with Gasteiger partial charge in [0.2, 0.25) is 0 Å². The summed E-state index contributed by atoms with van der Waals surface area (Å²) in [5.41, 5.74) is 3.43. The number of thiophene rings is 1. The van der Waals surface area contributed by atoms with Gasteiger partial charge in [-0.2, -0.15) is 11.3 Å². The predicted molar refractivity (Wildman–Crippen MR) is 60.6 cm³/mol. The maximum Gasteiger partial charge on any atom is 0.0594 e. The lowest BCUT2D eigenvalue weighted by Crippen LogP contribution is -2.00. The first-order valence-electron chi connectivity index (χ1n) is 4.52. The minimum atomic E-state index is 0.789. The van der Waals surface area contributed by atoms with Crippen LogP contribution in [0, 0.1) is 6.92 Å². The molecule has 0 aromatic carbocycles. The van der Waals surface area contributed by atoms with Crippen molar-refractivity contribution in [2.75, 3.05) is 5.32 Å². The first kappa shape index (κ1) is 9.21. The molecule has 0 amide bonds. The van der Waals surface area contributed by atoms with Crippen LogP contribution in [0.2, 0.25) is 0 Å². The maximum absolute atomic E-state index is 4.32. The van der Waals surface area contributed by atoms with Crippen molar-refractivity contribution < 1.29 is 0 Å². The van der Waals surface area contributed by atoms with Gasteiger partial charge in [0.05, 0.1) is 12.2 Å². The third-order valence-electron chi connectivity index (χ3n) is 1.97. The second-order valence-corrected chi connectivity index (χ2v) is 3.97. The smallest absolute Gasteiger partial charge is 0.0594 e. The number of aromatic nitrogens is 1. The number of rotatable bonds is 3. The molecular weight excluding hydrogens is 192 g/mol. The highest BCUT2D eigenvalue weighted by molar-refractivity contribution is 7.08. The number of pyridine rings is 1. The topological polar surface area (TPSA) is 24.9 Å². The number of hydrogen-bond acceptors (Lipinski definition) is 3. The third kappa shape index (κ3) is 2.33. The second kappa shape index (κ2) is 4.24. The van der Waals surface area contributed by atoms with E-state index in [0.29, 0.717) is 0 Å². The summed E-state index contributed by atoms with van der Waals surface area (Å²) < 4.78 is 0. The molecule has 0 aliphatic carbocycles. The largest absolute Gasteiger partial charge is 0.379 e. The SMILES string of the molecule is Cc1ccc(CNc2ccsc2)nc1. The van der Waals surface area contributed by atoms with E-state index in [1.165, 1.54) is 5.56 Å². The van der Waals surface area contributed by atoms with Gasteiger partial charge in [-0.05, 0) is 30.0 Å². The third-order valence-corrected chi connectivity index (χ3v) is 2.65. The van der Waals surface area contributed by atoms with E-state index in [-0.39, 0.29) is 0 Å². The van der Waals surface area contributed by atoms with Gasteiger partial charge in [-0.3, -0.25) is 4.98 Å². The highest BCUT2D eigenvalue weighted by Crippen LogP contribution is 2.12. The van der Waals surface area contributed by atoms with Crippen molar-refractivity contribution in [1.29, 1.82) is 0 Å². The van der Waals surface area contributed by atoms with E-state index in [4.69, 9.17) is 0 Å². The van der Waals surface area contributed by atoms with Gasteiger partial charge in [-0.1, -0.05) is 6.07 Å². The van der Waals surface area contributed by atoms with Crippen LogP contribution in [0.5, 0.6) is 0 Å². The van der Waals surface area contributed by atoms with Crippen LogP contribution >= 0.6 is 11.3 Å².